The summed E-state index contributed by atoms with van der Waals surface area (Å²) >= 11 is 2.78. The van der Waals surface area contributed by atoms with E-state index >= 15 is 0 Å². The Labute approximate surface area is 277 Å². The number of carbonyl (C=O) groups is 4. The molecule has 0 bridgehead atoms. The SMILES string of the molecule is CSC[C@@H](NC(=O)COc1cccc2cnccc12)C(=O)N[C@H](Cc1ccccc1)[C@H](O)C(=O)N1CSC[C@@H]1C(=O)NC(C)(C)C. The molecule has 1 aromatic heterocycles. The number of ether oxygens (including phenoxy) is 1. The molecule has 0 spiro atoms. The quantitative estimate of drug-likeness (QED) is 0.216. The minimum absolute atomic E-state index is 0.151. The minimum Gasteiger partial charge on any atom is -0.483 e. The minimum atomic E-state index is -1.64. The van der Waals surface area contributed by atoms with Gasteiger partial charge in [0.05, 0.1) is 11.9 Å². The number of thioether (sulfide) groups is 2. The average Bonchev–Trinajstić information content (AvgIpc) is 3.53. The molecule has 13 heteroatoms. The fourth-order valence-corrected chi connectivity index (χ4v) is 6.74. The van der Waals surface area contributed by atoms with Crippen LogP contribution in [0, 0.1) is 0 Å². The summed E-state index contributed by atoms with van der Waals surface area (Å²) in [6.07, 6.45) is 3.67. The molecule has 246 valence electrons. The first-order valence-corrected chi connectivity index (χ1v) is 17.5. The number of aliphatic hydroxyl groups excluding tert-OH is 1. The smallest absolute Gasteiger partial charge is 0.258 e. The summed E-state index contributed by atoms with van der Waals surface area (Å²) in [6.45, 7) is 5.25. The van der Waals surface area contributed by atoms with Crippen LogP contribution in [0.5, 0.6) is 5.75 Å². The van der Waals surface area contributed by atoms with Crippen LogP contribution in [0.3, 0.4) is 0 Å². The van der Waals surface area contributed by atoms with Gasteiger partial charge in [-0.2, -0.15) is 11.8 Å². The largest absolute Gasteiger partial charge is 0.483 e. The molecule has 1 aliphatic heterocycles. The number of amides is 4. The van der Waals surface area contributed by atoms with E-state index in [1.165, 1.54) is 28.4 Å². The van der Waals surface area contributed by atoms with Crippen molar-refractivity contribution < 1.29 is 29.0 Å². The topological polar surface area (TPSA) is 150 Å². The molecule has 0 unspecified atom stereocenters. The molecule has 4 amide bonds. The highest BCUT2D eigenvalue weighted by atomic mass is 32.2. The fraction of sp³-hybridized carbons (Fsp3) is 0.424. The van der Waals surface area contributed by atoms with Gasteiger partial charge in [0.25, 0.3) is 11.8 Å². The van der Waals surface area contributed by atoms with Crippen LogP contribution in [0.25, 0.3) is 10.8 Å². The number of rotatable bonds is 13. The third kappa shape index (κ3) is 9.60. The van der Waals surface area contributed by atoms with Gasteiger partial charge in [-0.15, -0.1) is 11.8 Å². The lowest BCUT2D eigenvalue weighted by molar-refractivity contribution is -0.147. The first-order valence-electron chi connectivity index (χ1n) is 14.9. The number of aromatic nitrogens is 1. The normalized spacial score (nSPS) is 16.7. The number of nitrogens with zero attached hydrogens (tertiary/aromatic N) is 2. The second-order valence-electron chi connectivity index (χ2n) is 12.0. The van der Waals surface area contributed by atoms with Crippen molar-refractivity contribution in [1.29, 1.82) is 0 Å². The summed E-state index contributed by atoms with van der Waals surface area (Å²) in [5.41, 5.74) is 0.303. The highest BCUT2D eigenvalue weighted by Crippen LogP contribution is 2.25. The first kappa shape index (κ1) is 35.1. The zero-order valence-electron chi connectivity index (χ0n) is 26.4. The second kappa shape index (κ2) is 16.1. The summed E-state index contributed by atoms with van der Waals surface area (Å²) in [7, 11) is 0. The van der Waals surface area contributed by atoms with Crippen LogP contribution >= 0.6 is 23.5 Å². The van der Waals surface area contributed by atoms with Gasteiger partial charge in [-0.3, -0.25) is 24.2 Å². The molecular formula is C33H41N5O6S2. The predicted octanol–water partition coefficient (Wildman–Crippen LogP) is 2.37. The monoisotopic (exact) mass is 667 g/mol. The number of aliphatic hydroxyl groups is 1. The standard InChI is InChI=1S/C33H41N5O6S2/c1-33(2,3)37-31(42)26-19-46-20-38(26)32(43)29(40)24(15-21-9-6-5-7-10-21)36-30(41)25(18-45-4)35-28(39)17-44-27-12-8-11-22-16-34-14-13-23(22)27/h5-14,16,24-26,29,40H,15,17-20H2,1-4H3,(H,35,39)(H,36,41)(H,37,42)/t24-,25-,26-,29+/m1/s1. The van der Waals surface area contributed by atoms with E-state index in [1.54, 1.807) is 36.8 Å². The Balaban J connectivity index is 1.46. The van der Waals surface area contributed by atoms with Crippen LogP contribution in [-0.2, 0) is 25.6 Å². The Bertz CT molecular complexity index is 1510. The summed E-state index contributed by atoms with van der Waals surface area (Å²) in [5.74, 6) is -0.602. The van der Waals surface area contributed by atoms with Crippen molar-refractivity contribution in [2.45, 2.75) is 57.0 Å². The molecule has 46 heavy (non-hydrogen) atoms. The molecule has 1 saturated heterocycles. The number of benzene rings is 2. The summed E-state index contributed by atoms with van der Waals surface area (Å²) in [6, 6.07) is 13.7. The molecule has 1 aliphatic rings. The number of nitrogens with one attached hydrogen (secondary N) is 3. The molecule has 0 aliphatic carbocycles. The van der Waals surface area contributed by atoms with Crippen molar-refractivity contribution in [2.24, 2.45) is 0 Å². The van der Waals surface area contributed by atoms with Crippen LogP contribution in [0.1, 0.15) is 26.3 Å². The second-order valence-corrected chi connectivity index (χ2v) is 13.9. The Morgan fingerprint density at radius 1 is 1.09 bits per heavy atom. The Morgan fingerprint density at radius 3 is 2.57 bits per heavy atom. The van der Waals surface area contributed by atoms with E-state index in [0.717, 1.165) is 16.3 Å². The molecule has 2 aromatic carbocycles. The molecule has 4 rings (SSSR count). The third-order valence-corrected chi connectivity index (χ3v) is 8.89. The van der Waals surface area contributed by atoms with Crippen LogP contribution in [0.15, 0.2) is 67.0 Å². The predicted molar refractivity (Wildman–Crippen MR) is 181 cm³/mol. The van der Waals surface area contributed by atoms with Crippen molar-refractivity contribution in [2.75, 3.05) is 30.2 Å². The number of hydrogen-bond acceptors (Lipinski definition) is 9. The van der Waals surface area contributed by atoms with Crippen molar-refractivity contribution >= 4 is 57.9 Å². The molecule has 1 fully saturated rings. The van der Waals surface area contributed by atoms with Crippen molar-refractivity contribution in [3.8, 4) is 5.75 Å². The van der Waals surface area contributed by atoms with Crippen molar-refractivity contribution in [3.63, 3.8) is 0 Å². The van der Waals surface area contributed by atoms with Crippen molar-refractivity contribution in [3.05, 3.63) is 72.6 Å². The third-order valence-electron chi connectivity index (χ3n) is 7.21. The lowest BCUT2D eigenvalue weighted by atomic mass is 9.99. The maximum absolute atomic E-state index is 13.7. The van der Waals surface area contributed by atoms with Gasteiger partial charge in [-0.05, 0) is 51.1 Å². The number of hydrogen-bond donors (Lipinski definition) is 4. The van der Waals surface area contributed by atoms with E-state index in [4.69, 9.17) is 4.74 Å². The van der Waals surface area contributed by atoms with Gasteiger partial charge in [0.15, 0.2) is 12.7 Å². The highest BCUT2D eigenvalue weighted by Gasteiger charge is 2.41. The van der Waals surface area contributed by atoms with Gasteiger partial charge >= 0.3 is 0 Å². The Kier molecular flexibility index (Phi) is 12.3. The lowest BCUT2D eigenvalue weighted by Gasteiger charge is -2.32. The maximum atomic E-state index is 13.7. The van der Waals surface area contributed by atoms with Crippen LogP contribution in [0.2, 0.25) is 0 Å². The van der Waals surface area contributed by atoms with Gasteiger partial charge < -0.3 is 30.7 Å². The van der Waals surface area contributed by atoms with E-state index < -0.39 is 47.5 Å². The van der Waals surface area contributed by atoms with Crippen LogP contribution < -0.4 is 20.7 Å². The zero-order valence-corrected chi connectivity index (χ0v) is 28.0. The zero-order chi connectivity index (χ0) is 33.3. The molecule has 11 nitrogen and oxygen atoms in total. The van der Waals surface area contributed by atoms with Crippen LogP contribution in [-0.4, -0.2) is 98.6 Å². The van der Waals surface area contributed by atoms with E-state index in [1.807, 2.05) is 57.2 Å². The number of fused-ring (bicyclic) bond motifs is 1. The van der Waals surface area contributed by atoms with E-state index in [-0.39, 0.29) is 30.6 Å². The van der Waals surface area contributed by atoms with Gasteiger partial charge in [0, 0.05) is 40.2 Å². The molecule has 2 heterocycles. The lowest BCUT2D eigenvalue weighted by Crippen LogP contribution is -2.59. The molecular weight excluding hydrogens is 627 g/mol. The first-order chi connectivity index (χ1) is 22.0. The van der Waals surface area contributed by atoms with Crippen LogP contribution in [0.4, 0.5) is 0 Å². The van der Waals surface area contributed by atoms with E-state index in [2.05, 4.69) is 20.9 Å². The van der Waals surface area contributed by atoms with E-state index in [9.17, 15) is 24.3 Å². The van der Waals surface area contributed by atoms with E-state index in [0.29, 0.717) is 11.5 Å². The molecule has 4 N–H and O–H groups in total. The van der Waals surface area contributed by atoms with Gasteiger partial charge in [0.2, 0.25) is 11.8 Å². The molecule has 4 atom stereocenters. The number of pyridine rings is 1. The maximum Gasteiger partial charge on any atom is 0.258 e. The summed E-state index contributed by atoms with van der Waals surface area (Å²) < 4.78 is 5.78. The average molecular weight is 668 g/mol. The van der Waals surface area contributed by atoms with Crippen molar-refractivity contribution in [1.82, 2.24) is 25.8 Å². The fourth-order valence-electron chi connectivity index (χ4n) is 5.01. The van der Waals surface area contributed by atoms with Gasteiger partial charge in [-0.1, -0.05) is 42.5 Å². The molecule has 0 radical (unpaired) electrons. The summed E-state index contributed by atoms with van der Waals surface area (Å²) in [4.78, 5) is 58.7. The molecule has 0 saturated carbocycles. The summed E-state index contributed by atoms with van der Waals surface area (Å²) in [5, 5.41) is 21.5. The van der Waals surface area contributed by atoms with Gasteiger partial charge in [0.1, 0.15) is 17.8 Å². The van der Waals surface area contributed by atoms with Gasteiger partial charge in [-0.25, -0.2) is 0 Å². The molecule has 3 aromatic rings. The highest BCUT2D eigenvalue weighted by molar-refractivity contribution is 7.99. The Morgan fingerprint density at radius 2 is 1.85 bits per heavy atom. The Hall–Kier alpha value is -3.81. The number of carbonyl (C=O) groups excluding carboxylic acids is 4.